The average Bonchev–Trinajstić information content (AvgIpc) is 2.84. The molecule has 1 fully saturated rings. The van der Waals surface area contributed by atoms with Crippen molar-refractivity contribution in [2.45, 2.75) is 29.9 Å². The summed E-state index contributed by atoms with van der Waals surface area (Å²) in [6.07, 6.45) is 6.32. The number of alkyl halides is 2. The Morgan fingerprint density at radius 3 is 3.15 bits per heavy atom. The van der Waals surface area contributed by atoms with Gasteiger partial charge in [-0.05, 0) is 0 Å². The summed E-state index contributed by atoms with van der Waals surface area (Å²) in [4.78, 5) is 8.80. The fourth-order valence-electron chi connectivity index (χ4n) is 2.54. The Hall–Kier alpha value is 0.0321. The summed E-state index contributed by atoms with van der Waals surface area (Å²) in [6.45, 7) is 3.36. The number of piperidine rings is 1. The van der Waals surface area contributed by atoms with Crippen LogP contribution in [0.5, 0.6) is 0 Å². The molecule has 0 radical (unpaired) electrons. The van der Waals surface area contributed by atoms with Gasteiger partial charge in [-0.2, -0.15) is 0 Å². The summed E-state index contributed by atoms with van der Waals surface area (Å²) in [6, 6.07) is 2.62. The summed E-state index contributed by atoms with van der Waals surface area (Å²) in [5.41, 5.74) is 1.06. The number of aromatic nitrogens is 3. The van der Waals surface area contributed by atoms with Crippen LogP contribution in [0.15, 0.2) is 18.6 Å². The molecule has 0 saturated carbocycles. The number of halogens is 1. The number of anilines is 1. The number of hydrogen-bond acceptors (Lipinski definition) is 4. The van der Waals surface area contributed by atoms with Gasteiger partial charge in [0, 0.05) is 0 Å². The SMILES string of the molecule is CC[I-]C1CC[C@@H](Nc2ncnc3c2cc[n]3[Tl])CN1. The predicted molar refractivity (Wildman–Crippen MR) is 77.7 cm³/mol. The molecule has 0 aliphatic carbocycles. The number of fused-ring (bicyclic) bond motifs is 1. The maximum absolute atomic E-state index is 4.43. The second-order valence-corrected chi connectivity index (χ2v) is 11.0. The molecule has 0 spiro atoms. The van der Waals surface area contributed by atoms with E-state index in [9.17, 15) is 0 Å². The van der Waals surface area contributed by atoms with E-state index in [1.54, 1.807) is 6.33 Å². The van der Waals surface area contributed by atoms with Crippen LogP contribution in [-0.4, -0.2) is 59.5 Å². The van der Waals surface area contributed by atoms with Crippen molar-refractivity contribution in [1.82, 2.24) is 17.7 Å². The average molecular weight is 576 g/mol. The van der Waals surface area contributed by atoms with Gasteiger partial charge in [0.15, 0.2) is 0 Å². The van der Waals surface area contributed by atoms with Crippen LogP contribution in [0, 0.1) is 0 Å². The Bertz CT molecular complexity index is 579. The molecule has 1 aliphatic heterocycles. The van der Waals surface area contributed by atoms with E-state index in [0.717, 1.165) is 53.5 Å². The van der Waals surface area contributed by atoms with Crippen molar-refractivity contribution in [2.75, 3.05) is 16.3 Å². The van der Waals surface area contributed by atoms with E-state index < -0.39 is 0 Å². The van der Waals surface area contributed by atoms with Gasteiger partial charge in [-0.3, -0.25) is 0 Å². The van der Waals surface area contributed by atoms with Crippen LogP contribution in [-0.2, 0) is 0 Å². The molecule has 2 aromatic heterocycles. The molecule has 5 nitrogen and oxygen atoms in total. The molecule has 1 unspecified atom stereocenters. The van der Waals surface area contributed by atoms with Gasteiger partial charge in [0.2, 0.25) is 0 Å². The second kappa shape index (κ2) is 6.86. The van der Waals surface area contributed by atoms with Crippen LogP contribution in [0.1, 0.15) is 19.8 Å². The first-order valence-electron chi connectivity index (χ1n) is 6.92. The molecule has 7 heteroatoms. The van der Waals surface area contributed by atoms with Gasteiger partial charge in [0.25, 0.3) is 0 Å². The van der Waals surface area contributed by atoms with Crippen LogP contribution in [0.2, 0.25) is 0 Å². The number of nitrogens with one attached hydrogen (secondary N) is 2. The zero-order valence-corrected chi connectivity index (χ0v) is 18.2. The Kier molecular flexibility index (Phi) is 5.13. The Balaban J connectivity index is 1.68. The van der Waals surface area contributed by atoms with E-state index in [-0.39, 0.29) is 0 Å². The van der Waals surface area contributed by atoms with Gasteiger partial charge in [-0.15, -0.1) is 0 Å². The van der Waals surface area contributed by atoms with Crippen molar-refractivity contribution in [3.63, 3.8) is 0 Å². The quantitative estimate of drug-likeness (QED) is 0.191. The van der Waals surface area contributed by atoms with Crippen LogP contribution in [0.25, 0.3) is 11.0 Å². The van der Waals surface area contributed by atoms with Gasteiger partial charge < -0.3 is 0 Å². The zero-order valence-electron chi connectivity index (χ0n) is 11.5. The molecule has 1 aliphatic rings. The fraction of sp³-hybridized carbons (Fsp3) is 0.538. The number of rotatable bonds is 4. The molecule has 2 N–H and O–H groups in total. The maximum atomic E-state index is 4.43. The van der Waals surface area contributed by atoms with Crippen molar-refractivity contribution in [2.24, 2.45) is 0 Å². The van der Waals surface area contributed by atoms with Gasteiger partial charge in [-0.1, -0.05) is 0 Å². The first-order valence-corrected chi connectivity index (χ1v) is 11.7. The summed E-state index contributed by atoms with van der Waals surface area (Å²) >= 11 is 1.08. The van der Waals surface area contributed by atoms with Crippen molar-refractivity contribution in [3.8, 4) is 0 Å². The van der Waals surface area contributed by atoms with E-state index in [1.807, 2.05) is 0 Å². The monoisotopic (exact) mass is 576 g/mol. The Morgan fingerprint density at radius 1 is 1.50 bits per heavy atom. The third-order valence-electron chi connectivity index (χ3n) is 3.54. The first kappa shape index (κ1) is 14.9. The minimum absolute atomic E-state index is 0.339. The van der Waals surface area contributed by atoms with Gasteiger partial charge >= 0.3 is 147 Å². The van der Waals surface area contributed by atoms with E-state index in [4.69, 9.17) is 0 Å². The second-order valence-electron chi connectivity index (χ2n) is 4.90. The predicted octanol–water partition coefficient (Wildman–Crippen LogP) is -2.04. The summed E-state index contributed by atoms with van der Waals surface area (Å²) in [5, 5.41) is 8.44. The van der Waals surface area contributed by atoms with Gasteiger partial charge in [0.05, 0.1) is 0 Å². The van der Waals surface area contributed by atoms with Crippen LogP contribution in [0.3, 0.4) is 0 Å². The van der Waals surface area contributed by atoms with E-state index >= 15 is 0 Å². The minimum atomic E-state index is 0.339. The van der Waals surface area contributed by atoms with Crippen molar-refractivity contribution >= 4 is 42.9 Å². The standard InChI is InChI=1S/C13H18IN5.Tl/c1-2-14-11-4-3-9(7-16-11)19-13-10-5-6-15-12(10)17-8-18-13;/h5-6,8-9,11,16H,2-4,7H2,1H3,(H-,15,17,18,19);/q-2;+1/t9-,11?;/m1./s1. The van der Waals surface area contributed by atoms with E-state index in [1.165, 1.54) is 17.3 Å². The summed E-state index contributed by atoms with van der Waals surface area (Å²) < 4.78 is 4.38. The molecular weight excluding hydrogens is 557 g/mol. The molecule has 0 aromatic carbocycles. The molecule has 0 bridgehead atoms. The Labute approximate surface area is 145 Å². The molecular formula is C13H18IN5Tl-. The molecule has 106 valence electrons. The molecule has 20 heavy (non-hydrogen) atoms. The van der Waals surface area contributed by atoms with Crippen molar-refractivity contribution in [1.29, 1.82) is 0 Å². The first-order chi connectivity index (χ1) is 9.78. The fourth-order valence-corrected chi connectivity index (χ4v) is 6.11. The molecule has 2 atom stereocenters. The normalized spacial score (nSPS) is 23.2. The molecule has 3 heterocycles. The molecule has 0 amide bonds. The van der Waals surface area contributed by atoms with E-state index in [2.05, 4.69) is 42.2 Å². The van der Waals surface area contributed by atoms with Gasteiger partial charge in [-0.25, -0.2) is 0 Å². The number of hydrogen-bond donors (Lipinski definition) is 2. The van der Waals surface area contributed by atoms with Crippen LogP contribution in [0.4, 0.5) is 5.82 Å². The van der Waals surface area contributed by atoms with Gasteiger partial charge in [0.1, 0.15) is 0 Å². The Morgan fingerprint density at radius 2 is 2.40 bits per heavy atom. The van der Waals surface area contributed by atoms with E-state index in [0.29, 0.717) is 27.2 Å². The third-order valence-corrected chi connectivity index (χ3v) is 8.17. The topological polar surface area (TPSA) is 54.8 Å². The molecule has 3 rings (SSSR count). The summed E-state index contributed by atoms with van der Waals surface area (Å²) in [7, 11) is 0. The van der Waals surface area contributed by atoms with Crippen LogP contribution >= 0.6 is 0 Å². The van der Waals surface area contributed by atoms with Crippen LogP contribution < -0.4 is 31.8 Å². The molecule has 1 saturated heterocycles. The number of nitrogens with zero attached hydrogens (tertiary/aromatic N) is 3. The zero-order chi connectivity index (χ0) is 13.9. The molecule has 2 aromatic rings. The third kappa shape index (κ3) is 3.26. The van der Waals surface area contributed by atoms with Crippen molar-refractivity contribution < 1.29 is 21.2 Å². The summed E-state index contributed by atoms with van der Waals surface area (Å²) in [5.74, 6) is 0.991. The van der Waals surface area contributed by atoms with Crippen molar-refractivity contribution in [3.05, 3.63) is 18.6 Å².